The fraction of sp³-hybridized carbons (Fsp3) is 0.923. The van der Waals surface area contributed by atoms with Gasteiger partial charge in [0.15, 0.2) is 0 Å². The zero-order valence-electron chi connectivity index (χ0n) is 18.0. The Kier molecular flexibility index (Phi) is 12.6. The molecule has 0 aromatic carbocycles. The van der Waals surface area contributed by atoms with Crippen LogP contribution in [0.1, 0.15) is 33.6 Å². The fourth-order valence-corrected chi connectivity index (χ4v) is 7.51. The molecule has 1 aliphatic heterocycles. The Morgan fingerprint density at radius 2 is 1.82 bits per heavy atom. The molecule has 14 nitrogen and oxygen atoms in total. The van der Waals surface area contributed by atoms with Crippen molar-refractivity contribution in [2.75, 3.05) is 19.1 Å². The number of phosphoric acid groups is 3. The van der Waals surface area contributed by atoms with E-state index in [1.807, 2.05) is 13.8 Å². The normalized spacial score (nSPS) is 25.4. The van der Waals surface area contributed by atoms with Crippen LogP contribution in [0.15, 0.2) is 0 Å². The van der Waals surface area contributed by atoms with E-state index in [0.717, 1.165) is 0 Å². The third-order valence-electron chi connectivity index (χ3n) is 3.69. The third kappa shape index (κ3) is 14.0. The van der Waals surface area contributed by atoms with E-state index in [9.17, 15) is 23.4 Å². The first-order chi connectivity index (χ1) is 14.9. The van der Waals surface area contributed by atoms with Crippen molar-refractivity contribution in [3.8, 4) is 0 Å². The molecule has 20 heteroatoms. The summed E-state index contributed by atoms with van der Waals surface area (Å²) in [6.45, 7) is 5.46. The molecule has 1 amide bonds. The highest BCUT2D eigenvalue weighted by atomic mass is 33.1. The Bertz CT molecular complexity index is 799. The van der Waals surface area contributed by atoms with Crippen LogP contribution in [-0.4, -0.2) is 75.4 Å². The minimum Gasteiger partial charge on any atom is -0.380 e. The van der Waals surface area contributed by atoms with Crippen LogP contribution < -0.4 is 5.32 Å². The summed E-state index contributed by atoms with van der Waals surface area (Å²) in [4.78, 5) is 47.2. The van der Waals surface area contributed by atoms with Gasteiger partial charge in [0.25, 0.3) is 0 Å². The molecule has 0 saturated carbocycles. The Morgan fingerprint density at radius 1 is 1.18 bits per heavy atom. The zero-order chi connectivity index (χ0) is 25.5. The van der Waals surface area contributed by atoms with E-state index in [4.69, 9.17) is 32.0 Å². The molecule has 0 aliphatic carbocycles. The Balaban J connectivity index is 2.50. The van der Waals surface area contributed by atoms with Gasteiger partial charge in [-0.3, -0.25) is 9.32 Å². The molecule has 3 unspecified atom stereocenters. The van der Waals surface area contributed by atoms with E-state index in [2.05, 4.69) is 18.5 Å². The van der Waals surface area contributed by atoms with Crippen molar-refractivity contribution in [3.63, 3.8) is 0 Å². The smallest absolute Gasteiger partial charge is 0.380 e. The van der Waals surface area contributed by atoms with Crippen molar-refractivity contribution in [2.45, 2.75) is 56.6 Å². The van der Waals surface area contributed by atoms with Crippen LogP contribution in [0.2, 0.25) is 0 Å². The van der Waals surface area contributed by atoms with Crippen molar-refractivity contribution in [2.24, 2.45) is 0 Å². The minimum absolute atomic E-state index is 0.0548. The van der Waals surface area contributed by atoms with Gasteiger partial charge in [-0.1, -0.05) is 28.5 Å². The predicted molar refractivity (Wildman–Crippen MR) is 121 cm³/mol. The van der Waals surface area contributed by atoms with Crippen molar-refractivity contribution in [1.29, 1.82) is 0 Å². The third-order valence-corrected chi connectivity index (χ3v) is 10.4. The molecule has 0 bridgehead atoms. The van der Waals surface area contributed by atoms with E-state index in [1.54, 1.807) is 6.92 Å². The van der Waals surface area contributed by atoms with E-state index in [-0.39, 0.29) is 23.0 Å². The first-order valence-electron chi connectivity index (χ1n) is 9.32. The fourth-order valence-electron chi connectivity index (χ4n) is 2.31. The van der Waals surface area contributed by atoms with Gasteiger partial charge in [-0.25, -0.2) is 13.7 Å². The molecule has 1 heterocycles. The summed E-state index contributed by atoms with van der Waals surface area (Å²) in [7, 11) is -7.80. The molecule has 5 atom stereocenters. The minimum atomic E-state index is -5.61. The summed E-state index contributed by atoms with van der Waals surface area (Å²) in [6, 6.07) is -0.761. The predicted octanol–water partition coefficient (Wildman–Crippen LogP) is 1.64. The number of ether oxygens (including phenoxy) is 2. The molecule has 0 aromatic rings. The number of carbonyl (C=O) groups excluding carboxylic acids is 1. The molecule has 0 aromatic heterocycles. The van der Waals surface area contributed by atoms with Gasteiger partial charge in [-0.2, -0.15) is 8.62 Å². The SMILES string of the molecule is [B][C@H]1C[C@@H](OCSSC(C)(C)CNC(=O)CC)C(COP(=O)(O)OP(=O)(O)OP(=O)(O)O)O1. The second kappa shape index (κ2) is 13.2. The first kappa shape index (κ1) is 31.6. The van der Waals surface area contributed by atoms with Crippen LogP contribution in [-0.2, 0) is 41.1 Å². The van der Waals surface area contributed by atoms with Crippen LogP contribution in [0, 0.1) is 0 Å². The summed E-state index contributed by atoms with van der Waals surface area (Å²) < 4.78 is 56.5. The monoisotopic (exact) mass is 573 g/mol. The highest BCUT2D eigenvalue weighted by Crippen LogP contribution is 2.66. The molecular weight excluding hydrogens is 546 g/mol. The molecule has 192 valence electrons. The Morgan fingerprint density at radius 3 is 2.39 bits per heavy atom. The van der Waals surface area contributed by atoms with Crippen LogP contribution in [0.3, 0.4) is 0 Å². The number of rotatable bonds is 15. The lowest BCUT2D eigenvalue weighted by molar-refractivity contribution is -0.120. The van der Waals surface area contributed by atoms with Crippen LogP contribution >= 0.6 is 45.1 Å². The quantitative estimate of drug-likeness (QED) is 0.0621. The van der Waals surface area contributed by atoms with Gasteiger partial charge in [-0.05, 0) is 20.3 Å². The molecule has 0 spiro atoms. The topological polar surface area (TPSA) is 207 Å². The lowest BCUT2D eigenvalue weighted by atomic mass is 9.96. The van der Waals surface area contributed by atoms with Crippen LogP contribution in [0.4, 0.5) is 0 Å². The summed E-state index contributed by atoms with van der Waals surface area (Å²) in [5.41, 5.74) is 0. The maximum absolute atomic E-state index is 11.8. The highest BCUT2D eigenvalue weighted by Gasteiger charge is 2.42. The number of hydrogen-bond acceptors (Lipinski definition) is 11. The number of carbonyl (C=O) groups is 1. The molecule has 1 fully saturated rings. The number of phosphoric ester groups is 1. The Labute approximate surface area is 200 Å². The van der Waals surface area contributed by atoms with Crippen LogP contribution in [0.25, 0.3) is 0 Å². The number of nitrogens with one attached hydrogen (secondary N) is 1. The lowest BCUT2D eigenvalue weighted by Crippen LogP contribution is -2.35. The largest absolute Gasteiger partial charge is 0.490 e. The van der Waals surface area contributed by atoms with Gasteiger partial charge in [-0.15, -0.1) is 0 Å². The van der Waals surface area contributed by atoms with Gasteiger partial charge in [0.2, 0.25) is 5.91 Å². The maximum Gasteiger partial charge on any atom is 0.490 e. The summed E-state index contributed by atoms with van der Waals surface area (Å²) in [6.07, 6.45) is -0.970. The standard InChI is InChI=1S/C13H27BNO13P3S2/c1-4-12(16)15-7-13(2,3)33-32-8-24-9-5-11(14)26-10(9)6-25-30(20,21)28-31(22,23)27-29(17,18)19/h9-11H,4-8H2,1-3H3,(H,15,16)(H,20,21)(H,22,23)(H2,17,18,19)/t9-,10?,11-/m1/s1. The van der Waals surface area contributed by atoms with E-state index in [0.29, 0.717) is 13.0 Å². The molecule has 5 N–H and O–H groups in total. The second-order valence-electron chi connectivity index (χ2n) is 7.25. The average molecular weight is 573 g/mol. The number of hydrogen-bond donors (Lipinski definition) is 5. The summed E-state index contributed by atoms with van der Waals surface area (Å²) in [5, 5.41) is 2.81. The highest BCUT2D eigenvalue weighted by molar-refractivity contribution is 8.77. The van der Waals surface area contributed by atoms with E-state index < -0.39 is 48.3 Å². The van der Waals surface area contributed by atoms with Crippen molar-refractivity contribution in [3.05, 3.63) is 0 Å². The van der Waals surface area contributed by atoms with E-state index in [1.165, 1.54) is 21.6 Å². The molecule has 1 rings (SSSR count). The van der Waals surface area contributed by atoms with E-state index >= 15 is 0 Å². The Hall–Kier alpha value is 0.565. The van der Waals surface area contributed by atoms with Crippen molar-refractivity contribution < 1.29 is 60.7 Å². The van der Waals surface area contributed by atoms with Gasteiger partial charge in [0.05, 0.1) is 12.7 Å². The average Bonchev–Trinajstić information content (AvgIpc) is 2.98. The van der Waals surface area contributed by atoms with Crippen LogP contribution in [0.5, 0.6) is 0 Å². The second-order valence-corrected chi connectivity index (χ2v) is 14.6. The molecule has 33 heavy (non-hydrogen) atoms. The number of amides is 1. The van der Waals surface area contributed by atoms with Crippen molar-refractivity contribution in [1.82, 2.24) is 5.32 Å². The molecule has 1 aliphatic rings. The lowest BCUT2D eigenvalue weighted by Gasteiger charge is -2.24. The first-order valence-corrected chi connectivity index (χ1v) is 16.2. The van der Waals surface area contributed by atoms with Gasteiger partial charge < -0.3 is 34.4 Å². The summed E-state index contributed by atoms with van der Waals surface area (Å²) >= 11 is 0. The zero-order valence-corrected chi connectivity index (χ0v) is 22.3. The summed E-state index contributed by atoms with van der Waals surface area (Å²) in [5.74, 6) is 0.128. The van der Waals surface area contributed by atoms with Crippen molar-refractivity contribution >= 4 is 58.8 Å². The van der Waals surface area contributed by atoms with Gasteiger partial charge in [0, 0.05) is 23.7 Å². The van der Waals surface area contributed by atoms with Gasteiger partial charge >= 0.3 is 23.5 Å². The maximum atomic E-state index is 11.8. The molecule has 1 saturated heterocycles. The molecule has 2 radical (unpaired) electrons. The van der Waals surface area contributed by atoms with Gasteiger partial charge in [0.1, 0.15) is 19.9 Å². The molecular formula is C13H27BNO13P3S2.